The fraction of sp³-hybridized carbons (Fsp3) is 0.462. The molecule has 0 fully saturated rings. The van der Waals surface area contributed by atoms with E-state index in [4.69, 9.17) is 4.42 Å². The van der Waals surface area contributed by atoms with E-state index in [2.05, 4.69) is 5.10 Å². The van der Waals surface area contributed by atoms with Crippen LogP contribution < -0.4 is 0 Å². The van der Waals surface area contributed by atoms with Crippen molar-refractivity contribution in [1.29, 1.82) is 0 Å². The third-order valence-electron chi connectivity index (χ3n) is 3.64. The summed E-state index contributed by atoms with van der Waals surface area (Å²) in [6.45, 7) is -0.0131. The summed E-state index contributed by atoms with van der Waals surface area (Å²) in [4.78, 5) is 0. The van der Waals surface area contributed by atoms with E-state index in [1.165, 1.54) is 12.5 Å². The molecule has 3 rings (SSSR count). The summed E-state index contributed by atoms with van der Waals surface area (Å²) in [6.07, 6.45) is -5.24. The van der Waals surface area contributed by atoms with Crippen LogP contribution >= 0.6 is 0 Å². The number of nitrogens with zero attached hydrogens (tertiary/aromatic N) is 2. The number of fused-ring (bicyclic) bond motifs is 1. The fourth-order valence-electron chi connectivity index (χ4n) is 2.58. The molecule has 0 bridgehead atoms. The van der Waals surface area contributed by atoms with E-state index in [1.54, 1.807) is 6.07 Å². The first-order chi connectivity index (χ1) is 10.2. The van der Waals surface area contributed by atoms with Gasteiger partial charge in [-0.2, -0.15) is 18.3 Å². The Morgan fingerprint density at radius 1 is 1.41 bits per heavy atom. The Hall–Kier alpha value is -1.90. The molecule has 0 saturated heterocycles. The van der Waals surface area contributed by atoms with Gasteiger partial charge in [0, 0.05) is 12.1 Å². The predicted molar refractivity (Wildman–Crippen MR) is 63.3 cm³/mol. The van der Waals surface area contributed by atoms with Gasteiger partial charge < -0.3 is 9.52 Å². The SMILES string of the molecule is OC1c2c(C(F)(F)F)nn(CCc3ccoc3)c2CC1(F)F. The molecule has 2 aromatic rings. The molecule has 120 valence electrons. The van der Waals surface area contributed by atoms with Gasteiger partial charge in [-0.05, 0) is 18.1 Å². The van der Waals surface area contributed by atoms with Gasteiger partial charge >= 0.3 is 6.18 Å². The van der Waals surface area contributed by atoms with Gasteiger partial charge in [0.15, 0.2) is 5.69 Å². The van der Waals surface area contributed by atoms with Crippen LogP contribution in [0.4, 0.5) is 22.0 Å². The number of rotatable bonds is 3. The summed E-state index contributed by atoms with van der Waals surface area (Å²) in [5, 5.41) is 12.9. The number of aliphatic hydroxyl groups excluding tert-OH is 1. The summed E-state index contributed by atoms with van der Waals surface area (Å²) >= 11 is 0. The highest BCUT2D eigenvalue weighted by molar-refractivity contribution is 5.38. The van der Waals surface area contributed by atoms with Gasteiger partial charge in [-0.3, -0.25) is 4.68 Å². The summed E-state index contributed by atoms with van der Waals surface area (Å²) < 4.78 is 71.7. The Labute approximate surface area is 121 Å². The molecule has 0 aromatic carbocycles. The number of furan rings is 1. The van der Waals surface area contributed by atoms with Crippen molar-refractivity contribution in [2.24, 2.45) is 0 Å². The van der Waals surface area contributed by atoms with Gasteiger partial charge in [-0.15, -0.1) is 0 Å². The number of aliphatic hydroxyl groups is 1. The molecule has 1 unspecified atom stereocenters. The zero-order valence-electron chi connectivity index (χ0n) is 11.1. The molecule has 0 saturated carbocycles. The maximum Gasteiger partial charge on any atom is 0.435 e. The van der Waals surface area contributed by atoms with E-state index in [9.17, 15) is 27.1 Å². The Balaban J connectivity index is 1.97. The third-order valence-corrected chi connectivity index (χ3v) is 3.64. The van der Waals surface area contributed by atoms with Crippen LogP contribution in [0.3, 0.4) is 0 Å². The number of halogens is 5. The van der Waals surface area contributed by atoms with E-state index in [1.807, 2.05) is 0 Å². The minimum Gasteiger partial charge on any atom is -0.472 e. The summed E-state index contributed by atoms with van der Waals surface area (Å²) in [6, 6.07) is 1.62. The lowest BCUT2D eigenvalue weighted by Gasteiger charge is -2.15. The zero-order chi connectivity index (χ0) is 16.1. The quantitative estimate of drug-likeness (QED) is 0.884. The Morgan fingerprint density at radius 2 is 2.14 bits per heavy atom. The molecular weight excluding hydrogens is 311 g/mol. The highest BCUT2D eigenvalue weighted by Crippen LogP contribution is 2.48. The highest BCUT2D eigenvalue weighted by atomic mass is 19.4. The van der Waals surface area contributed by atoms with Crippen molar-refractivity contribution in [2.75, 3.05) is 0 Å². The molecule has 1 atom stereocenters. The average molecular weight is 322 g/mol. The van der Waals surface area contributed by atoms with Crippen molar-refractivity contribution >= 4 is 0 Å². The normalized spacial score (nSPS) is 20.4. The van der Waals surface area contributed by atoms with Gasteiger partial charge in [0.1, 0.15) is 6.10 Å². The van der Waals surface area contributed by atoms with Crippen LogP contribution in [0.15, 0.2) is 23.0 Å². The van der Waals surface area contributed by atoms with E-state index in [0.29, 0.717) is 5.56 Å². The molecule has 1 N–H and O–H groups in total. The van der Waals surface area contributed by atoms with Crippen LogP contribution in [0.25, 0.3) is 0 Å². The second-order valence-corrected chi connectivity index (χ2v) is 5.15. The molecule has 1 aliphatic carbocycles. The highest BCUT2D eigenvalue weighted by Gasteiger charge is 2.54. The molecule has 1 aliphatic rings. The Bertz CT molecular complexity index is 675. The Morgan fingerprint density at radius 3 is 2.73 bits per heavy atom. The molecule has 0 aliphatic heterocycles. The van der Waals surface area contributed by atoms with Gasteiger partial charge in [-0.25, -0.2) is 8.78 Å². The number of hydrogen-bond acceptors (Lipinski definition) is 3. The molecule has 0 spiro atoms. The first-order valence-electron chi connectivity index (χ1n) is 6.44. The van der Waals surface area contributed by atoms with Crippen molar-refractivity contribution in [3.8, 4) is 0 Å². The molecule has 2 aromatic heterocycles. The molecular formula is C13H11F5N2O2. The van der Waals surface area contributed by atoms with Crippen molar-refractivity contribution in [1.82, 2.24) is 9.78 Å². The van der Waals surface area contributed by atoms with Gasteiger partial charge in [0.25, 0.3) is 5.92 Å². The minimum atomic E-state index is -4.90. The average Bonchev–Trinajstić information content (AvgIpc) is 3.06. The Kier molecular flexibility index (Phi) is 3.28. The van der Waals surface area contributed by atoms with Crippen LogP contribution in [0.2, 0.25) is 0 Å². The number of aromatic nitrogens is 2. The standard InChI is InChI=1S/C13H11F5N2O2/c14-12(15)5-8-9(11(12)21)10(13(16,17)18)19-20(8)3-1-7-2-4-22-6-7/h2,4,6,11,21H,1,3,5H2. The van der Waals surface area contributed by atoms with Crippen LogP contribution in [-0.2, 0) is 25.6 Å². The van der Waals surface area contributed by atoms with Crippen LogP contribution in [0.5, 0.6) is 0 Å². The monoisotopic (exact) mass is 322 g/mol. The molecule has 9 heteroatoms. The minimum absolute atomic E-state index is 0.0131. The van der Waals surface area contributed by atoms with Crippen molar-refractivity contribution in [3.63, 3.8) is 0 Å². The van der Waals surface area contributed by atoms with Gasteiger partial charge in [-0.1, -0.05) is 0 Å². The van der Waals surface area contributed by atoms with Crippen LogP contribution in [0, 0.1) is 0 Å². The maximum absolute atomic E-state index is 13.6. The number of aryl methyl sites for hydroxylation is 2. The lowest BCUT2D eigenvalue weighted by molar-refractivity contribution is -0.146. The molecule has 0 amide bonds. The van der Waals surface area contributed by atoms with Crippen molar-refractivity contribution in [3.05, 3.63) is 41.1 Å². The van der Waals surface area contributed by atoms with Gasteiger partial charge in [0.05, 0.1) is 24.6 Å². The first-order valence-corrected chi connectivity index (χ1v) is 6.44. The third kappa shape index (κ3) is 2.39. The van der Waals surface area contributed by atoms with Crippen LogP contribution in [-0.4, -0.2) is 20.8 Å². The number of alkyl halides is 5. The zero-order valence-corrected chi connectivity index (χ0v) is 11.1. The molecule has 0 radical (unpaired) electrons. The smallest absolute Gasteiger partial charge is 0.435 e. The largest absolute Gasteiger partial charge is 0.472 e. The number of hydrogen-bond donors (Lipinski definition) is 1. The van der Waals surface area contributed by atoms with Crippen molar-refractivity contribution < 1.29 is 31.5 Å². The summed E-state index contributed by atoms with van der Waals surface area (Å²) in [5.74, 6) is -3.62. The lowest BCUT2D eigenvalue weighted by Crippen LogP contribution is -2.25. The van der Waals surface area contributed by atoms with Crippen molar-refractivity contribution in [2.45, 2.75) is 37.6 Å². The lowest BCUT2D eigenvalue weighted by atomic mass is 10.1. The first kappa shape index (κ1) is 15.0. The molecule has 4 nitrogen and oxygen atoms in total. The topological polar surface area (TPSA) is 51.2 Å². The van der Waals surface area contributed by atoms with Crippen LogP contribution in [0.1, 0.15) is 28.6 Å². The fourth-order valence-corrected chi connectivity index (χ4v) is 2.58. The molecule has 2 heterocycles. The van der Waals surface area contributed by atoms with E-state index in [0.717, 1.165) is 4.68 Å². The van der Waals surface area contributed by atoms with E-state index >= 15 is 0 Å². The van der Waals surface area contributed by atoms with Gasteiger partial charge in [0.2, 0.25) is 0 Å². The second kappa shape index (κ2) is 4.80. The molecule has 22 heavy (non-hydrogen) atoms. The maximum atomic E-state index is 13.6. The van der Waals surface area contributed by atoms with E-state index < -0.39 is 35.9 Å². The van der Waals surface area contributed by atoms with E-state index in [-0.39, 0.29) is 18.7 Å². The summed E-state index contributed by atoms with van der Waals surface area (Å²) in [7, 11) is 0. The summed E-state index contributed by atoms with van der Waals surface area (Å²) in [5.41, 5.74) is -1.82. The second-order valence-electron chi connectivity index (χ2n) is 5.15. The predicted octanol–water partition coefficient (Wildman–Crippen LogP) is 2.96.